The van der Waals surface area contributed by atoms with Gasteiger partial charge in [-0.25, -0.2) is 18.3 Å². The molecule has 3 aliphatic rings. The molecule has 3 N–H and O–H groups in total. The van der Waals surface area contributed by atoms with E-state index in [1.54, 1.807) is 0 Å². The zero-order valence-electron chi connectivity index (χ0n) is 21.9. The fourth-order valence-electron chi connectivity index (χ4n) is 5.71. The number of hydrogen-bond acceptors (Lipinski definition) is 8. The highest BCUT2D eigenvalue weighted by atomic mass is 19.1. The summed E-state index contributed by atoms with van der Waals surface area (Å²) in [6, 6.07) is -1.01. The van der Waals surface area contributed by atoms with Crippen molar-refractivity contribution >= 4 is 23.3 Å². The molecule has 13 heteroatoms. The molecule has 0 saturated carbocycles. The van der Waals surface area contributed by atoms with Crippen molar-refractivity contribution in [3.63, 3.8) is 0 Å². The molecule has 5 rings (SSSR count). The van der Waals surface area contributed by atoms with Crippen molar-refractivity contribution in [1.29, 1.82) is 0 Å². The summed E-state index contributed by atoms with van der Waals surface area (Å²) in [6.45, 7) is 8.28. The number of rotatable bonds is 8. The molecule has 0 bridgehead atoms. The van der Waals surface area contributed by atoms with E-state index in [1.165, 1.54) is 0 Å². The van der Waals surface area contributed by atoms with Gasteiger partial charge in [0, 0.05) is 52.4 Å². The van der Waals surface area contributed by atoms with Crippen LogP contribution in [0.3, 0.4) is 0 Å². The zero-order chi connectivity index (χ0) is 26.8. The molecule has 2 aromatic rings. The number of amides is 2. The summed E-state index contributed by atoms with van der Waals surface area (Å²) in [7, 11) is 0. The van der Waals surface area contributed by atoms with E-state index in [9.17, 15) is 14.0 Å². The van der Waals surface area contributed by atoms with Gasteiger partial charge >= 0.3 is 0 Å². The van der Waals surface area contributed by atoms with Gasteiger partial charge in [0.15, 0.2) is 17.3 Å². The summed E-state index contributed by atoms with van der Waals surface area (Å²) in [5, 5.41) is 7.04. The van der Waals surface area contributed by atoms with Crippen LogP contribution in [0.15, 0.2) is 12.4 Å². The molecule has 11 nitrogen and oxygen atoms in total. The van der Waals surface area contributed by atoms with Crippen LogP contribution in [-0.4, -0.2) is 130 Å². The van der Waals surface area contributed by atoms with Gasteiger partial charge in [0.25, 0.3) is 5.91 Å². The second kappa shape index (κ2) is 11.5. The lowest BCUT2D eigenvalue weighted by Gasteiger charge is -2.48. The molecule has 0 radical (unpaired) electrons. The predicted molar refractivity (Wildman–Crippen MR) is 138 cm³/mol. The van der Waals surface area contributed by atoms with Crippen LogP contribution in [0.4, 0.5) is 14.6 Å². The Labute approximate surface area is 220 Å². The summed E-state index contributed by atoms with van der Waals surface area (Å²) in [6.07, 6.45) is 3.96. The first-order valence-corrected chi connectivity index (χ1v) is 13.5. The number of nitrogens with two attached hydrogens (primary N) is 1. The van der Waals surface area contributed by atoms with E-state index in [4.69, 9.17) is 5.73 Å². The van der Waals surface area contributed by atoms with Gasteiger partial charge in [-0.2, -0.15) is 0 Å². The smallest absolute Gasteiger partial charge is 0.259 e. The Kier molecular flexibility index (Phi) is 8.05. The van der Waals surface area contributed by atoms with Crippen LogP contribution in [-0.2, 0) is 4.79 Å². The monoisotopic (exact) mass is 533 g/mol. The highest BCUT2D eigenvalue weighted by Gasteiger charge is 2.43. The molecule has 3 fully saturated rings. The van der Waals surface area contributed by atoms with E-state index in [0.29, 0.717) is 45.8 Å². The van der Waals surface area contributed by atoms with Crippen LogP contribution < -0.4 is 11.1 Å². The van der Waals surface area contributed by atoms with Gasteiger partial charge < -0.3 is 16.0 Å². The highest BCUT2D eigenvalue weighted by Crippen LogP contribution is 2.24. The highest BCUT2D eigenvalue weighted by molar-refractivity contribution is 6.04. The number of likely N-dealkylation sites (tertiary alicyclic amines) is 2. The van der Waals surface area contributed by atoms with Crippen molar-refractivity contribution < 1.29 is 18.4 Å². The summed E-state index contributed by atoms with van der Waals surface area (Å²) in [5.74, 6) is -1.01. The fourth-order valence-corrected chi connectivity index (χ4v) is 5.71. The molecular weight excluding hydrogens is 496 g/mol. The predicted octanol–water partition coefficient (Wildman–Crippen LogP) is 0.221. The molecule has 3 unspecified atom stereocenters. The van der Waals surface area contributed by atoms with Crippen LogP contribution in [0.1, 0.15) is 36.5 Å². The Morgan fingerprint density at radius 2 is 1.89 bits per heavy atom. The maximum atomic E-state index is 15.8. The standard InChI is InChI=1S/C25H37F2N9O2/c1-2-3-5-33-14-18(27)22(35-10-8-32(9-11-35)16-20(37)34-6-4-7-34)19(15-33)30-25(38)21-23(28)31-36-13-17(26)12-29-24(21)36/h12-13,18-19,22H,2-11,14-16H2,1H3,(H2,28,31)(H,30,38). The van der Waals surface area contributed by atoms with Gasteiger partial charge in [0.05, 0.1) is 31.0 Å². The molecule has 38 heavy (non-hydrogen) atoms. The van der Waals surface area contributed by atoms with Crippen molar-refractivity contribution in [3.8, 4) is 0 Å². The van der Waals surface area contributed by atoms with E-state index in [1.807, 2.05) is 4.90 Å². The molecule has 3 saturated heterocycles. The topological polar surface area (TPSA) is 115 Å². The lowest BCUT2D eigenvalue weighted by atomic mass is 9.94. The number of aromatic nitrogens is 3. The lowest BCUT2D eigenvalue weighted by Crippen LogP contribution is -2.68. The first-order valence-electron chi connectivity index (χ1n) is 13.5. The third kappa shape index (κ3) is 5.59. The third-order valence-electron chi connectivity index (χ3n) is 7.91. The first kappa shape index (κ1) is 26.7. The van der Waals surface area contributed by atoms with Gasteiger partial charge in [0.2, 0.25) is 5.91 Å². The number of unbranched alkanes of at least 4 members (excludes halogenated alkanes) is 1. The van der Waals surface area contributed by atoms with E-state index in [2.05, 4.69) is 37.0 Å². The van der Waals surface area contributed by atoms with Gasteiger partial charge in [-0.1, -0.05) is 13.3 Å². The number of carbonyl (C=O) groups is 2. The van der Waals surface area contributed by atoms with Crippen molar-refractivity contribution in [3.05, 3.63) is 23.8 Å². The number of piperazine rings is 1. The van der Waals surface area contributed by atoms with Gasteiger partial charge in [-0.05, 0) is 19.4 Å². The minimum absolute atomic E-state index is 0.0548. The molecule has 2 amide bonds. The number of halogens is 2. The molecule has 2 aromatic heterocycles. The quantitative estimate of drug-likeness (QED) is 0.496. The zero-order valence-corrected chi connectivity index (χ0v) is 21.9. The second-order valence-corrected chi connectivity index (χ2v) is 10.5. The summed E-state index contributed by atoms with van der Waals surface area (Å²) in [5.41, 5.74) is 6.21. The summed E-state index contributed by atoms with van der Waals surface area (Å²) < 4.78 is 30.5. The molecule has 208 valence electrons. The Balaban J connectivity index is 1.30. The average molecular weight is 534 g/mol. The number of hydrogen-bond donors (Lipinski definition) is 2. The molecule has 0 spiro atoms. The number of fused-ring (bicyclic) bond motifs is 1. The number of nitrogens with zero attached hydrogens (tertiary/aromatic N) is 7. The Hall–Kier alpha value is -2.90. The molecule has 0 aliphatic carbocycles. The van der Waals surface area contributed by atoms with Crippen LogP contribution >= 0.6 is 0 Å². The summed E-state index contributed by atoms with van der Waals surface area (Å²) >= 11 is 0. The molecular formula is C25H37F2N9O2. The Bertz CT molecular complexity index is 1150. The number of nitrogen functional groups attached to an aromatic ring is 1. The second-order valence-electron chi connectivity index (χ2n) is 10.5. The maximum absolute atomic E-state index is 15.8. The van der Waals surface area contributed by atoms with Crippen molar-refractivity contribution in [2.45, 2.75) is 44.4 Å². The van der Waals surface area contributed by atoms with Crippen molar-refractivity contribution in [2.24, 2.45) is 0 Å². The molecule has 3 atom stereocenters. The number of alkyl halides is 1. The number of piperidine rings is 1. The van der Waals surface area contributed by atoms with E-state index in [-0.39, 0.29) is 22.9 Å². The lowest BCUT2D eigenvalue weighted by molar-refractivity contribution is -0.136. The van der Waals surface area contributed by atoms with Gasteiger partial charge in [-0.3, -0.25) is 24.3 Å². The first-order chi connectivity index (χ1) is 18.3. The largest absolute Gasteiger partial charge is 0.381 e. The van der Waals surface area contributed by atoms with Crippen molar-refractivity contribution in [2.75, 3.05) is 71.2 Å². The molecule has 5 heterocycles. The minimum atomic E-state index is -1.16. The van der Waals surface area contributed by atoms with Crippen LogP contribution in [0.5, 0.6) is 0 Å². The molecule has 3 aliphatic heterocycles. The number of carbonyl (C=O) groups excluding carboxylic acids is 2. The van der Waals surface area contributed by atoms with E-state index < -0.39 is 30.0 Å². The third-order valence-corrected chi connectivity index (χ3v) is 7.91. The minimum Gasteiger partial charge on any atom is -0.381 e. The van der Waals surface area contributed by atoms with Gasteiger partial charge in [0.1, 0.15) is 11.7 Å². The average Bonchev–Trinajstić information content (AvgIpc) is 3.17. The molecule has 0 aromatic carbocycles. The van der Waals surface area contributed by atoms with Crippen LogP contribution in [0, 0.1) is 5.82 Å². The van der Waals surface area contributed by atoms with Gasteiger partial charge in [-0.15, -0.1) is 5.10 Å². The number of anilines is 1. The fraction of sp³-hybridized carbons (Fsp3) is 0.680. The Morgan fingerprint density at radius 1 is 1.13 bits per heavy atom. The van der Waals surface area contributed by atoms with E-state index >= 15 is 4.39 Å². The normalized spacial score (nSPS) is 25.4. The SMILES string of the molecule is CCCCN1CC(F)C(N2CCN(CC(=O)N3CCC3)CC2)C(NC(=O)c2c(N)nn3cc(F)cnc23)C1. The number of nitrogens with one attached hydrogen (secondary N) is 1. The van der Waals surface area contributed by atoms with Crippen LogP contribution in [0.25, 0.3) is 5.65 Å². The maximum Gasteiger partial charge on any atom is 0.259 e. The summed E-state index contributed by atoms with van der Waals surface area (Å²) in [4.78, 5) is 38.0. The van der Waals surface area contributed by atoms with Crippen LogP contribution in [0.2, 0.25) is 0 Å². The van der Waals surface area contributed by atoms with Crippen molar-refractivity contribution in [1.82, 2.24) is 39.5 Å². The van der Waals surface area contributed by atoms with E-state index in [0.717, 1.165) is 55.8 Å². The Morgan fingerprint density at radius 3 is 2.58 bits per heavy atom.